The van der Waals surface area contributed by atoms with E-state index in [4.69, 9.17) is 9.56 Å². The smallest absolute Gasteiger partial charge is 0.271 e. The number of hydrogen-bond acceptors (Lipinski definition) is 5. The van der Waals surface area contributed by atoms with Crippen molar-refractivity contribution >= 4 is 15.9 Å². The number of hydrogen-bond donors (Lipinski definition) is 3. The van der Waals surface area contributed by atoms with Crippen LogP contribution in [0, 0.1) is 5.92 Å². The van der Waals surface area contributed by atoms with E-state index in [1.54, 1.807) is 6.92 Å². The molecule has 0 radical (unpaired) electrons. The second-order valence-electron chi connectivity index (χ2n) is 5.01. The van der Waals surface area contributed by atoms with Crippen LogP contribution in [0.4, 0.5) is 0 Å². The molecular formula is C12H21N3O4S. The fourth-order valence-electron chi connectivity index (χ4n) is 1.41. The molecule has 8 heteroatoms. The summed E-state index contributed by atoms with van der Waals surface area (Å²) in [4.78, 5) is 11.7. The average Bonchev–Trinajstić information content (AvgIpc) is 2.81. The Kier molecular flexibility index (Phi) is 5.73. The van der Waals surface area contributed by atoms with Crippen LogP contribution in [0.2, 0.25) is 0 Å². The molecule has 114 valence electrons. The van der Waals surface area contributed by atoms with Gasteiger partial charge in [0.05, 0.1) is 12.6 Å². The Balaban J connectivity index is 2.47. The first-order valence-corrected chi connectivity index (χ1v) is 7.87. The molecule has 1 aromatic rings. The molecule has 20 heavy (non-hydrogen) atoms. The third kappa shape index (κ3) is 5.32. The van der Waals surface area contributed by atoms with Crippen LogP contribution in [0.15, 0.2) is 21.6 Å². The highest BCUT2D eigenvalue weighted by molar-refractivity contribution is 7.89. The topological polar surface area (TPSA) is 114 Å². The van der Waals surface area contributed by atoms with Crippen molar-refractivity contribution in [3.8, 4) is 0 Å². The van der Waals surface area contributed by atoms with Gasteiger partial charge in [0.2, 0.25) is 11.0 Å². The molecule has 0 saturated heterocycles. The zero-order valence-corrected chi connectivity index (χ0v) is 12.7. The number of nitrogens with two attached hydrogens (primary N) is 1. The highest BCUT2D eigenvalue weighted by atomic mass is 32.2. The summed E-state index contributed by atoms with van der Waals surface area (Å²) in [6, 6.07) is 2.39. The van der Waals surface area contributed by atoms with Gasteiger partial charge in [-0.05, 0) is 25.0 Å². The van der Waals surface area contributed by atoms with Gasteiger partial charge < -0.3 is 9.73 Å². The second-order valence-corrected chi connectivity index (χ2v) is 6.50. The van der Waals surface area contributed by atoms with E-state index in [9.17, 15) is 13.2 Å². The van der Waals surface area contributed by atoms with Crippen LogP contribution in [0.5, 0.6) is 0 Å². The fraction of sp³-hybridized carbons (Fsp3) is 0.583. The Hall–Kier alpha value is -1.38. The number of furan rings is 1. The summed E-state index contributed by atoms with van der Waals surface area (Å²) < 4.78 is 27.2. The molecule has 1 amide bonds. The number of carbonyl (C=O) groups is 1. The first kappa shape index (κ1) is 16.7. The van der Waals surface area contributed by atoms with E-state index in [0.717, 1.165) is 0 Å². The molecule has 0 bridgehead atoms. The largest absolute Gasteiger partial charge is 0.447 e. The van der Waals surface area contributed by atoms with E-state index in [1.165, 1.54) is 12.1 Å². The van der Waals surface area contributed by atoms with Gasteiger partial charge in [0, 0.05) is 6.54 Å². The Morgan fingerprint density at radius 3 is 2.50 bits per heavy atom. The number of sulfonamides is 1. The van der Waals surface area contributed by atoms with E-state index in [0.29, 0.717) is 18.2 Å². The number of carbonyl (C=O) groups excluding carboxylic acids is 1. The van der Waals surface area contributed by atoms with Crippen LogP contribution in [-0.2, 0) is 21.4 Å². The van der Waals surface area contributed by atoms with Crippen molar-refractivity contribution in [3.63, 3.8) is 0 Å². The highest BCUT2D eigenvalue weighted by Gasteiger charge is 2.15. The van der Waals surface area contributed by atoms with Crippen LogP contribution in [-0.4, -0.2) is 26.9 Å². The Bertz CT molecular complexity index is 551. The van der Waals surface area contributed by atoms with E-state index in [-0.39, 0.29) is 17.5 Å². The zero-order chi connectivity index (χ0) is 15.3. The molecule has 0 aliphatic carbocycles. The SMILES string of the molecule is CC(C)CNC(=O)C(C)NCc1ccc(S(N)(=O)=O)o1. The predicted molar refractivity (Wildman–Crippen MR) is 74.2 cm³/mol. The van der Waals surface area contributed by atoms with Crippen molar-refractivity contribution in [3.05, 3.63) is 17.9 Å². The highest BCUT2D eigenvalue weighted by Crippen LogP contribution is 2.11. The van der Waals surface area contributed by atoms with Crippen molar-refractivity contribution in [2.75, 3.05) is 6.54 Å². The van der Waals surface area contributed by atoms with Crippen LogP contribution in [0.1, 0.15) is 26.5 Å². The molecule has 0 fully saturated rings. The minimum atomic E-state index is -3.83. The molecule has 0 aliphatic rings. The summed E-state index contributed by atoms with van der Waals surface area (Å²) in [5.74, 6) is 0.669. The molecule has 0 saturated carbocycles. The van der Waals surface area contributed by atoms with Gasteiger partial charge in [-0.15, -0.1) is 0 Å². The van der Waals surface area contributed by atoms with Gasteiger partial charge in [-0.25, -0.2) is 13.6 Å². The Morgan fingerprint density at radius 2 is 2.00 bits per heavy atom. The maximum atomic E-state index is 11.7. The molecule has 0 aliphatic heterocycles. The third-order valence-corrected chi connectivity index (χ3v) is 3.36. The molecule has 7 nitrogen and oxygen atoms in total. The lowest BCUT2D eigenvalue weighted by atomic mass is 10.2. The maximum absolute atomic E-state index is 11.7. The van der Waals surface area contributed by atoms with Crippen molar-refractivity contribution in [2.45, 2.75) is 38.5 Å². The molecule has 1 atom stereocenters. The minimum absolute atomic E-state index is 0.114. The standard InChI is InChI=1S/C12H21N3O4S/c1-8(2)6-15-12(16)9(3)14-7-10-4-5-11(19-10)20(13,17)18/h4-5,8-9,14H,6-7H2,1-3H3,(H,15,16)(H2,13,17,18). The van der Waals surface area contributed by atoms with Crippen molar-refractivity contribution in [2.24, 2.45) is 11.1 Å². The first-order chi connectivity index (χ1) is 9.20. The molecule has 0 aromatic carbocycles. The molecule has 4 N–H and O–H groups in total. The van der Waals surface area contributed by atoms with Crippen molar-refractivity contribution in [1.29, 1.82) is 0 Å². The van der Waals surface area contributed by atoms with Gasteiger partial charge in [0.25, 0.3) is 10.0 Å². The molecule has 1 aromatic heterocycles. The molecular weight excluding hydrogens is 282 g/mol. The normalized spacial score (nSPS) is 13.4. The summed E-state index contributed by atoms with van der Waals surface area (Å²) >= 11 is 0. The predicted octanol–water partition coefficient (Wildman–Crippen LogP) is 0.177. The lowest BCUT2D eigenvalue weighted by molar-refractivity contribution is -0.122. The quantitative estimate of drug-likeness (QED) is 0.664. The number of nitrogens with one attached hydrogen (secondary N) is 2. The lowest BCUT2D eigenvalue weighted by Gasteiger charge is -2.14. The van der Waals surface area contributed by atoms with Crippen LogP contribution >= 0.6 is 0 Å². The minimum Gasteiger partial charge on any atom is -0.447 e. The molecule has 1 unspecified atom stereocenters. The number of rotatable bonds is 7. The first-order valence-electron chi connectivity index (χ1n) is 6.32. The number of primary sulfonamides is 1. The Labute approximate surface area is 119 Å². The molecule has 0 spiro atoms. The van der Waals surface area contributed by atoms with E-state index in [1.807, 2.05) is 13.8 Å². The summed E-state index contributed by atoms with van der Waals surface area (Å²) in [5.41, 5.74) is 0. The zero-order valence-electron chi connectivity index (χ0n) is 11.8. The number of amides is 1. The van der Waals surface area contributed by atoms with Gasteiger partial charge in [0.1, 0.15) is 5.76 Å². The van der Waals surface area contributed by atoms with Gasteiger partial charge in [-0.1, -0.05) is 13.8 Å². The summed E-state index contributed by atoms with van der Waals surface area (Å²) in [6.07, 6.45) is 0. The summed E-state index contributed by atoms with van der Waals surface area (Å²) in [7, 11) is -3.83. The van der Waals surface area contributed by atoms with Gasteiger partial charge >= 0.3 is 0 Å². The van der Waals surface area contributed by atoms with E-state index in [2.05, 4.69) is 10.6 Å². The van der Waals surface area contributed by atoms with Gasteiger partial charge in [-0.3, -0.25) is 10.1 Å². The second kappa shape index (κ2) is 6.87. The summed E-state index contributed by atoms with van der Waals surface area (Å²) in [5, 5.41) is 10.4. The third-order valence-electron chi connectivity index (χ3n) is 2.58. The molecule has 1 heterocycles. The monoisotopic (exact) mass is 303 g/mol. The van der Waals surface area contributed by atoms with Crippen LogP contribution in [0.3, 0.4) is 0 Å². The van der Waals surface area contributed by atoms with Crippen LogP contribution in [0.25, 0.3) is 0 Å². The summed E-state index contributed by atoms with van der Waals surface area (Å²) in [6.45, 7) is 6.60. The maximum Gasteiger partial charge on any atom is 0.271 e. The lowest BCUT2D eigenvalue weighted by Crippen LogP contribution is -2.42. The fourth-order valence-corrected chi connectivity index (χ4v) is 1.89. The van der Waals surface area contributed by atoms with Crippen LogP contribution < -0.4 is 15.8 Å². The van der Waals surface area contributed by atoms with Gasteiger partial charge in [0.15, 0.2) is 0 Å². The van der Waals surface area contributed by atoms with Crippen molar-refractivity contribution < 1.29 is 17.6 Å². The Morgan fingerprint density at radius 1 is 1.35 bits per heavy atom. The van der Waals surface area contributed by atoms with Crippen molar-refractivity contribution in [1.82, 2.24) is 10.6 Å². The average molecular weight is 303 g/mol. The van der Waals surface area contributed by atoms with Gasteiger partial charge in [-0.2, -0.15) is 0 Å². The van der Waals surface area contributed by atoms with E-state index >= 15 is 0 Å². The van der Waals surface area contributed by atoms with E-state index < -0.39 is 16.1 Å². The molecule has 1 rings (SSSR count).